The average Bonchev–Trinajstić information content (AvgIpc) is 3.11. The third-order valence-corrected chi connectivity index (χ3v) is 3.86. The molecule has 0 spiro atoms. The number of tetrazole rings is 1. The molecule has 1 atom stereocenters. The SMILES string of the molecule is CC(Cc1cnccn1)N(C)Cc1ccc(-c2nn[nH]n2)cc1. The number of rotatable bonds is 6. The van der Waals surface area contributed by atoms with Gasteiger partial charge in [0.15, 0.2) is 0 Å². The summed E-state index contributed by atoms with van der Waals surface area (Å²) < 4.78 is 0. The molecule has 0 amide bonds. The number of hydrogen-bond donors (Lipinski definition) is 1. The minimum Gasteiger partial charge on any atom is -0.299 e. The van der Waals surface area contributed by atoms with Crippen LogP contribution in [0.15, 0.2) is 42.9 Å². The fourth-order valence-corrected chi connectivity index (χ4v) is 2.38. The molecule has 0 bridgehead atoms. The molecule has 0 aliphatic heterocycles. The molecule has 23 heavy (non-hydrogen) atoms. The fourth-order valence-electron chi connectivity index (χ4n) is 2.38. The van der Waals surface area contributed by atoms with Gasteiger partial charge < -0.3 is 0 Å². The van der Waals surface area contributed by atoms with Crippen LogP contribution in [0.25, 0.3) is 11.4 Å². The van der Waals surface area contributed by atoms with Crippen LogP contribution in [0.4, 0.5) is 0 Å². The van der Waals surface area contributed by atoms with Crippen molar-refractivity contribution in [2.75, 3.05) is 7.05 Å². The summed E-state index contributed by atoms with van der Waals surface area (Å²) in [7, 11) is 2.12. The maximum atomic E-state index is 4.34. The van der Waals surface area contributed by atoms with E-state index in [2.05, 4.69) is 61.6 Å². The first-order valence-corrected chi connectivity index (χ1v) is 7.50. The van der Waals surface area contributed by atoms with Gasteiger partial charge in [-0.25, -0.2) is 0 Å². The predicted octanol–water partition coefficient (Wildman–Crippen LogP) is 1.72. The largest absolute Gasteiger partial charge is 0.299 e. The monoisotopic (exact) mass is 309 g/mol. The van der Waals surface area contributed by atoms with Gasteiger partial charge in [-0.3, -0.25) is 14.9 Å². The summed E-state index contributed by atoms with van der Waals surface area (Å²) in [6.45, 7) is 3.07. The maximum Gasteiger partial charge on any atom is 0.204 e. The van der Waals surface area contributed by atoms with Gasteiger partial charge in [0.1, 0.15) is 0 Å². The van der Waals surface area contributed by atoms with Gasteiger partial charge in [0, 0.05) is 43.2 Å². The molecule has 1 unspecified atom stereocenters. The fraction of sp³-hybridized carbons (Fsp3) is 0.312. The molecule has 2 aromatic heterocycles. The van der Waals surface area contributed by atoms with Gasteiger partial charge in [-0.15, -0.1) is 10.2 Å². The van der Waals surface area contributed by atoms with Crippen LogP contribution in [0.5, 0.6) is 0 Å². The first kappa shape index (κ1) is 15.2. The summed E-state index contributed by atoms with van der Waals surface area (Å²) in [6.07, 6.45) is 6.14. The number of benzene rings is 1. The zero-order valence-corrected chi connectivity index (χ0v) is 13.2. The Bertz CT molecular complexity index is 710. The Kier molecular flexibility index (Phi) is 4.68. The molecule has 3 rings (SSSR count). The van der Waals surface area contributed by atoms with Crippen LogP contribution in [0.3, 0.4) is 0 Å². The highest BCUT2D eigenvalue weighted by Crippen LogP contribution is 2.16. The molecule has 0 aliphatic rings. The van der Waals surface area contributed by atoms with Crippen LogP contribution in [-0.4, -0.2) is 48.6 Å². The quantitative estimate of drug-likeness (QED) is 0.746. The van der Waals surface area contributed by atoms with E-state index in [9.17, 15) is 0 Å². The third-order valence-electron chi connectivity index (χ3n) is 3.86. The van der Waals surface area contributed by atoms with Gasteiger partial charge >= 0.3 is 0 Å². The van der Waals surface area contributed by atoms with Crippen molar-refractivity contribution in [3.8, 4) is 11.4 Å². The van der Waals surface area contributed by atoms with Crippen molar-refractivity contribution in [2.45, 2.75) is 25.9 Å². The number of aromatic nitrogens is 6. The van der Waals surface area contributed by atoms with E-state index < -0.39 is 0 Å². The van der Waals surface area contributed by atoms with Crippen molar-refractivity contribution in [2.24, 2.45) is 0 Å². The maximum absolute atomic E-state index is 4.34. The molecular weight excluding hydrogens is 290 g/mol. The second-order valence-electron chi connectivity index (χ2n) is 5.60. The van der Waals surface area contributed by atoms with Crippen LogP contribution >= 0.6 is 0 Å². The van der Waals surface area contributed by atoms with Crippen LogP contribution in [0, 0.1) is 0 Å². The van der Waals surface area contributed by atoms with Gasteiger partial charge in [0.2, 0.25) is 5.82 Å². The molecule has 0 radical (unpaired) electrons. The highest BCUT2D eigenvalue weighted by Gasteiger charge is 2.12. The molecular formula is C16H19N7. The second kappa shape index (κ2) is 7.06. The number of nitrogens with zero attached hydrogens (tertiary/aromatic N) is 6. The summed E-state index contributed by atoms with van der Waals surface area (Å²) in [4.78, 5) is 10.8. The van der Waals surface area contributed by atoms with Crippen LogP contribution in [0.2, 0.25) is 0 Å². The van der Waals surface area contributed by atoms with Gasteiger partial charge in [-0.1, -0.05) is 24.3 Å². The van der Waals surface area contributed by atoms with Crippen molar-refractivity contribution in [3.63, 3.8) is 0 Å². The summed E-state index contributed by atoms with van der Waals surface area (Å²) >= 11 is 0. The van der Waals surface area contributed by atoms with E-state index in [1.165, 1.54) is 5.56 Å². The second-order valence-corrected chi connectivity index (χ2v) is 5.60. The van der Waals surface area contributed by atoms with Crippen LogP contribution in [0.1, 0.15) is 18.2 Å². The van der Waals surface area contributed by atoms with Gasteiger partial charge in [-0.05, 0) is 24.7 Å². The summed E-state index contributed by atoms with van der Waals surface area (Å²) in [5, 5.41) is 14.0. The van der Waals surface area contributed by atoms with E-state index in [4.69, 9.17) is 0 Å². The lowest BCUT2D eigenvalue weighted by atomic mass is 10.1. The molecule has 0 fully saturated rings. The number of aromatic amines is 1. The topological polar surface area (TPSA) is 83.5 Å². The molecule has 118 valence electrons. The normalized spacial score (nSPS) is 12.5. The van der Waals surface area contributed by atoms with E-state index >= 15 is 0 Å². The van der Waals surface area contributed by atoms with Crippen LogP contribution in [-0.2, 0) is 13.0 Å². The van der Waals surface area contributed by atoms with Crippen LogP contribution < -0.4 is 0 Å². The Morgan fingerprint density at radius 3 is 2.65 bits per heavy atom. The minimum absolute atomic E-state index is 0.378. The lowest BCUT2D eigenvalue weighted by molar-refractivity contribution is 0.246. The highest BCUT2D eigenvalue weighted by atomic mass is 15.5. The highest BCUT2D eigenvalue weighted by molar-refractivity contribution is 5.54. The predicted molar refractivity (Wildman–Crippen MR) is 86.3 cm³/mol. The molecule has 7 heteroatoms. The molecule has 0 saturated carbocycles. The number of likely N-dealkylation sites (N-methyl/N-ethyl adjacent to an activating group) is 1. The Morgan fingerprint density at radius 1 is 1.17 bits per heavy atom. The first-order valence-electron chi connectivity index (χ1n) is 7.50. The number of hydrogen-bond acceptors (Lipinski definition) is 6. The Hall–Kier alpha value is -2.67. The van der Waals surface area contributed by atoms with E-state index in [0.29, 0.717) is 11.9 Å². The van der Waals surface area contributed by atoms with E-state index in [1.807, 2.05) is 18.3 Å². The molecule has 3 aromatic rings. The molecule has 0 saturated heterocycles. The van der Waals surface area contributed by atoms with Crippen molar-refractivity contribution in [1.82, 2.24) is 35.5 Å². The standard InChI is InChI=1S/C16H19N7/c1-12(9-15-10-17-7-8-18-15)23(2)11-13-3-5-14(6-4-13)16-19-21-22-20-16/h3-8,10,12H,9,11H2,1-2H3,(H,19,20,21,22). The van der Waals surface area contributed by atoms with Crippen molar-refractivity contribution in [3.05, 3.63) is 54.1 Å². The summed E-state index contributed by atoms with van der Waals surface area (Å²) in [5.41, 5.74) is 3.21. The van der Waals surface area contributed by atoms with E-state index in [-0.39, 0.29) is 0 Å². The van der Waals surface area contributed by atoms with E-state index in [1.54, 1.807) is 12.4 Å². The molecule has 2 heterocycles. The zero-order chi connectivity index (χ0) is 16.1. The average molecular weight is 309 g/mol. The van der Waals surface area contributed by atoms with Gasteiger partial charge in [0.25, 0.3) is 0 Å². The molecule has 1 aromatic carbocycles. The summed E-state index contributed by atoms with van der Waals surface area (Å²) in [6, 6.07) is 8.60. The minimum atomic E-state index is 0.378. The third kappa shape index (κ3) is 3.95. The molecule has 0 aliphatic carbocycles. The Balaban J connectivity index is 1.60. The first-order chi connectivity index (χ1) is 11.2. The lowest BCUT2D eigenvalue weighted by Crippen LogP contribution is -2.30. The Morgan fingerprint density at radius 2 is 2.00 bits per heavy atom. The molecule has 7 nitrogen and oxygen atoms in total. The number of nitrogens with one attached hydrogen (secondary N) is 1. The number of H-pyrrole nitrogens is 1. The van der Waals surface area contributed by atoms with E-state index in [0.717, 1.165) is 24.2 Å². The van der Waals surface area contributed by atoms with Crippen molar-refractivity contribution < 1.29 is 0 Å². The molecule has 1 N–H and O–H groups in total. The lowest BCUT2D eigenvalue weighted by Gasteiger charge is -2.24. The zero-order valence-electron chi connectivity index (χ0n) is 13.2. The summed E-state index contributed by atoms with van der Waals surface area (Å²) in [5.74, 6) is 0.612. The van der Waals surface area contributed by atoms with Gasteiger partial charge in [0.05, 0.1) is 5.69 Å². The van der Waals surface area contributed by atoms with Crippen molar-refractivity contribution in [1.29, 1.82) is 0 Å². The van der Waals surface area contributed by atoms with Crippen molar-refractivity contribution >= 4 is 0 Å². The van der Waals surface area contributed by atoms with Gasteiger partial charge in [-0.2, -0.15) is 5.21 Å². The Labute approximate surface area is 134 Å². The smallest absolute Gasteiger partial charge is 0.204 e.